The van der Waals surface area contributed by atoms with E-state index in [-0.39, 0.29) is 5.91 Å². The Morgan fingerprint density at radius 3 is 1.75 bits per heavy atom. The third-order valence-electron chi connectivity index (χ3n) is 5.27. The fourth-order valence-corrected chi connectivity index (χ4v) is 3.96. The van der Waals surface area contributed by atoms with Crippen LogP contribution in [-0.2, 0) is 35.5 Å². The van der Waals surface area contributed by atoms with Gasteiger partial charge in [-0.1, -0.05) is 48.5 Å². The van der Waals surface area contributed by atoms with Crippen LogP contribution in [0.4, 0.5) is 0 Å². The topological polar surface area (TPSA) is 57.6 Å². The van der Waals surface area contributed by atoms with Crippen LogP contribution >= 0.6 is 0 Å². The van der Waals surface area contributed by atoms with Gasteiger partial charge >= 0.3 is 5.97 Å². The maximum absolute atomic E-state index is 13.1. The van der Waals surface area contributed by atoms with Gasteiger partial charge in [0, 0.05) is 13.1 Å². The molecule has 4 nitrogen and oxygen atoms in total. The first-order valence-electron chi connectivity index (χ1n) is 8.28. The first-order valence-corrected chi connectivity index (χ1v) is 8.28. The number of amides is 1. The average molecular weight is 321 g/mol. The number of benzene rings is 2. The molecule has 0 saturated carbocycles. The highest BCUT2D eigenvalue weighted by molar-refractivity contribution is 5.86. The maximum Gasteiger partial charge on any atom is 0.307 e. The molecule has 0 saturated heterocycles. The second kappa shape index (κ2) is 5.78. The van der Waals surface area contributed by atoms with E-state index in [0.717, 1.165) is 22.3 Å². The van der Waals surface area contributed by atoms with Crippen molar-refractivity contribution in [2.24, 2.45) is 11.8 Å². The summed E-state index contributed by atoms with van der Waals surface area (Å²) < 4.78 is 0. The van der Waals surface area contributed by atoms with E-state index in [1.54, 1.807) is 4.90 Å². The van der Waals surface area contributed by atoms with Crippen LogP contribution in [0.5, 0.6) is 0 Å². The Kier molecular flexibility index (Phi) is 3.60. The van der Waals surface area contributed by atoms with E-state index in [1.165, 1.54) is 0 Å². The summed E-state index contributed by atoms with van der Waals surface area (Å²) in [6.07, 6.45) is 0.946. The molecule has 4 heteroatoms. The number of rotatable bonds is 2. The molecule has 2 aromatic carbocycles. The number of carbonyl (C=O) groups is 2. The quantitative estimate of drug-likeness (QED) is 0.925. The lowest BCUT2D eigenvalue weighted by Gasteiger charge is -2.32. The van der Waals surface area contributed by atoms with Crippen LogP contribution in [0.15, 0.2) is 48.5 Å². The molecule has 1 N–H and O–H groups in total. The SMILES string of the molecule is O=C(O)[C@@H]1Cc2ccccc2C[C@H]1C(=O)N1Cc2ccccc2C1. The number of aliphatic carboxylic acids is 1. The molecule has 0 fully saturated rings. The standard InChI is InChI=1S/C20H19NO3/c22-19(21-11-15-7-3-4-8-16(15)12-21)17-9-13-5-1-2-6-14(13)10-18(17)20(23)24/h1-8,17-18H,9-12H2,(H,23,24)/t17-,18-/m1/s1. The molecule has 0 aromatic heterocycles. The second-order valence-corrected chi connectivity index (χ2v) is 6.69. The van der Waals surface area contributed by atoms with Gasteiger partial charge in [-0.25, -0.2) is 0 Å². The molecule has 1 aliphatic heterocycles. The number of carboxylic acids is 1. The minimum Gasteiger partial charge on any atom is -0.481 e. The van der Waals surface area contributed by atoms with Gasteiger partial charge in [-0.3, -0.25) is 9.59 Å². The third-order valence-corrected chi connectivity index (χ3v) is 5.27. The molecular weight excluding hydrogens is 302 g/mol. The van der Waals surface area contributed by atoms with Crippen molar-refractivity contribution < 1.29 is 14.7 Å². The van der Waals surface area contributed by atoms with E-state index in [0.29, 0.717) is 25.9 Å². The van der Waals surface area contributed by atoms with Gasteiger partial charge in [0.05, 0.1) is 11.8 Å². The summed E-state index contributed by atoms with van der Waals surface area (Å²) >= 11 is 0. The van der Waals surface area contributed by atoms with Crippen LogP contribution in [0.1, 0.15) is 22.3 Å². The monoisotopic (exact) mass is 321 g/mol. The molecule has 1 amide bonds. The van der Waals surface area contributed by atoms with E-state index < -0.39 is 17.8 Å². The highest BCUT2D eigenvalue weighted by atomic mass is 16.4. The minimum atomic E-state index is -0.875. The van der Waals surface area contributed by atoms with Crippen LogP contribution in [0.2, 0.25) is 0 Å². The minimum absolute atomic E-state index is 0.0342. The van der Waals surface area contributed by atoms with Crippen molar-refractivity contribution in [3.63, 3.8) is 0 Å². The molecule has 0 spiro atoms. The van der Waals surface area contributed by atoms with Gasteiger partial charge < -0.3 is 10.0 Å². The molecular formula is C20H19NO3. The van der Waals surface area contributed by atoms with E-state index in [2.05, 4.69) is 0 Å². The van der Waals surface area contributed by atoms with Crippen LogP contribution in [0.3, 0.4) is 0 Å². The van der Waals surface area contributed by atoms with E-state index >= 15 is 0 Å². The van der Waals surface area contributed by atoms with E-state index in [4.69, 9.17) is 0 Å². The molecule has 1 aliphatic carbocycles. The molecule has 0 unspecified atom stereocenters. The summed E-state index contributed by atoms with van der Waals surface area (Å²) in [5.74, 6) is -2.03. The van der Waals surface area contributed by atoms with Crippen LogP contribution in [0.25, 0.3) is 0 Å². The Labute approximate surface area is 140 Å². The lowest BCUT2D eigenvalue weighted by molar-refractivity contribution is -0.151. The Morgan fingerprint density at radius 2 is 1.25 bits per heavy atom. The number of carbonyl (C=O) groups excluding carboxylic acids is 1. The molecule has 24 heavy (non-hydrogen) atoms. The third kappa shape index (κ3) is 2.48. The molecule has 1 heterocycles. The Morgan fingerprint density at radius 1 is 0.792 bits per heavy atom. The van der Waals surface area contributed by atoms with Gasteiger partial charge in [0.15, 0.2) is 0 Å². The van der Waals surface area contributed by atoms with Gasteiger partial charge in [-0.2, -0.15) is 0 Å². The zero-order valence-electron chi connectivity index (χ0n) is 13.3. The van der Waals surface area contributed by atoms with Crippen molar-refractivity contribution in [1.29, 1.82) is 0 Å². The number of hydrogen-bond donors (Lipinski definition) is 1. The molecule has 0 bridgehead atoms. The zero-order chi connectivity index (χ0) is 16.7. The van der Waals surface area contributed by atoms with E-state index in [9.17, 15) is 14.7 Å². The van der Waals surface area contributed by atoms with E-state index in [1.807, 2.05) is 48.5 Å². The van der Waals surface area contributed by atoms with Crippen LogP contribution in [0, 0.1) is 11.8 Å². The normalized spacial score (nSPS) is 21.9. The first kappa shape index (κ1) is 14.9. The lowest BCUT2D eigenvalue weighted by Crippen LogP contribution is -2.42. The predicted octanol–water partition coefficient (Wildman–Crippen LogP) is 2.64. The maximum atomic E-state index is 13.1. The fraction of sp³-hybridized carbons (Fsp3) is 0.300. The highest BCUT2D eigenvalue weighted by Crippen LogP contribution is 2.34. The highest BCUT2D eigenvalue weighted by Gasteiger charge is 2.40. The van der Waals surface area contributed by atoms with Gasteiger partial charge in [-0.15, -0.1) is 0 Å². The molecule has 4 rings (SSSR count). The largest absolute Gasteiger partial charge is 0.481 e. The Balaban J connectivity index is 1.60. The first-order chi connectivity index (χ1) is 11.6. The predicted molar refractivity (Wildman–Crippen MR) is 89.2 cm³/mol. The second-order valence-electron chi connectivity index (χ2n) is 6.69. The fourth-order valence-electron chi connectivity index (χ4n) is 3.96. The molecule has 2 aromatic rings. The summed E-state index contributed by atoms with van der Waals surface area (Å²) in [6.45, 7) is 1.17. The molecule has 122 valence electrons. The van der Waals surface area contributed by atoms with Crippen molar-refractivity contribution >= 4 is 11.9 Å². The molecule has 0 radical (unpaired) electrons. The zero-order valence-corrected chi connectivity index (χ0v) is 13.3. The van der Waals surface area contributed by atoms with Crippen molar-refractivity contribution in [1.82, 2.24) is 4.90 Å². The summed E-state index contributed by atoms with van der Waals surface area (Å²) in [4.78, 5) is 26.6. The van der Waals surface area contributed by atoms with Gasteiger partial charge in [0.2, 0.25) is 5.91 Å². The number of fused-ring (bicyclic) bond motifs is 2. The van der Waals surface area contributed by atoms with Gasteiger partial charge in [0.25, 0.3) is 0 Å². The van der Waals surface area contributed by atoms with Crippen molar-refractivity contribution in [3.8, 4) is 0 Å². The Hall–Kier alpha value is -2.62. The number of carboxylic acid groups (broad SMARTS) is 1. The van der Waals surface area contributed by atoms with Gasteiger partial charge in [-0.05, 0) is 35.1 Å². The lowest BCUT2D eigenvalue weighted by atomic mass is 9.75. The molecule has 2 aliphatic rings. The van der Waals surface area contributed by atoms with Crippen molar-refractivity contribution in [2.75, 3.05) is 0 Å². The van der Waals surface area contributed by atoms with Crippen LogP contribution < -0.4 is 0 Å². The van der Waals surface area contributed by atoms with Crippen LogP contribution in [-0.4, -0.2) is 21.9 Å². The summed E-state index contributed by atoms with van der Waals surface area (Å²) in [6, 6.07) is 15.9. The summed E-state index contributed by atoms with van der Waals surface area (Å²) in [7, 11) is 0. The smallest absolute Gasteiger partial charge is 0.307 e. The number of nitrogens with zero attached hydrogens (tertiary/aromatic N) is 1. The molecule has 2 atom stereocenters. The summed E-state index contributed by atoms with van der Waals surface area (Å²) in [5.41, 5.74) is 4.48. The van der Waals surface area contributed by atoms with Crippen molar-refractivity contribution in [2.45, 2.75) is 25.9 Å². The van der Waals surface area contributed by atoms with Gasteiger partial charge in [0.1, 0.15) is 0 Å². The average Bonchev–Trinajstić information content (AvgIpc) is 3.04. The summed E-state index contributed by atoms with van der Waals surface area (Å²) in [5, 5.41) is 9.63. The number of hydrogen-bond acceptors (Lipinski definition) is 2. The Bertz CT molecular complexity index is 789. The van der Waals surface area contributed by atoms with Crippen molar-refractivity contribution in [3.05, 3.63) is 70.8 Å².